The van der Waals surface area contributed by atoms with Crippen molar-refractivity contribution in [3.05, 3.63) is 63.6 Å². The molecule has 1 heterocycles. The number of rotatable bonds is 5. The molecule has 0 bridgehead atoms. The predicted octanol–water partition coefficient (Wildman–Crippen LogP) is 4.01. The molecule has 0 radical (unpaired) electrons. The van der Waals surface area contributed by atoms with Gasteiger partial charge in [0.2, 0.25) is 5.13 Å². The normalized spacial score (nSPS) is 11.2. The highest BCUT2D eigenvalue weighted by Gasteiger charge is 2.22. The Morgan fingerprint density at radius 2 is 1.77 bits per heavy atom. The van der Waals surface area contributed by atoms with Crippen LogP contribution in [-0.4, -0.2) is 24.5 Å². The first kappa shape index (κ1) is 18.8. The van der Waals surface area contributed by atoms with Gasteiger partial charge in [0.15, 0.2) is 0 Å². The van der Waals surface area contributed by atoms with E-state index in [4.69, 9.17) is 11.6 Å². The molecule has 0 aliphatic carbocycles. The molecule has 0 fully saturated rings. The van der Waals surface area contributed by atoms with E-state index in [0.717, 1.165) is 11.3 Å². The molecule has 3 aromatic rings. The van der Waals surface area contributed by atoms with Crippen LogP contribution in [0.25, 0.3) is 0 Å². The summed E-state index contributed by atoms with van der Waals surface area (Å²) in [5, 5.41) is 10.4. The first-order valence-corrected chi connectivity index (χ1v) is 10.5. The van der Waals surface area contributed by atoms with Crippen LogP contribution in [0.3, 0.4) is 0 Å². The number of halogens is 2. The number of nitrogens with zero attached hydrogens (tertiary/aromatic N) is 2. The van der Waals surface area contributed by atoms with E-state index in [2.05, 4.69) is 36.2 Å². The minimum absolute atomic E-state index is 0.0671. The van der Waals surface area contributed by atoms with Crippen molar-refractivity contribution in [1.82, 2.24) is 10.2 Å². The van der Waals surface area contributed by atoms with Gasteiger partial charge >= 0.3 is 0 Å². The Morgan fingerprint density at radius 1 is 1.08 bits per heavy atom. The number of hydrogen-bond donors (Lipinski definition) is 2. The second kappa shape index (κ2) is 7.70. The Balaban J connectivity index is 1.75. The van der Waals surface area contributed by atoms with E-state index in [1.807, 2.05) is 0 Å². The summed E-state index contributed by atoms with van der Waals surface area (Å²) in [5.74, 6) is -0.444. The van der Waals surface area contributed by atoms with E-state index in [1.54, 1.807) is 48.5 Å². The minimum atomic E-state index is -3.92. The van der Waals surface area contributed by atoms with E-state index in [-0.39, 0.29) is 9.47 Å². The molecule has 3 rings (SSSR count). The Hall–Kier alpha value is -2.01. The molecule has 0 aliphatic rings. The van der Waals surface area contributed by atoms with Gasteiger partial charge in [0, 0.05) is 15.1 Å². The summed E-state index contributed by atoms with van der Waals surface area (Å²) in [6, 6.07) is 13.0. The number of nitrogens with one attached hydrogen (secondary N) is 2. The smallest absolute Gasteiger partial charge is 0.291 e. The van der Waals surface area contributed by atoms with Gasteiger partial charge in [0.1, 0.15) is 0 Å². The Morgan fingerprint density at radius 3 is 2.46 bits per heavy atom. The van der Waals surface area contributed by atoms with Crippen LogP contribution in [0.1, 0.15) is 10.4 Å². The molecular weight excluding hydrogens is 464 g/mol. The number of hydrogen-bond acceptors (Lipinski definition) is 6. The zero-order valence-corrected chi connectivity index (χ0v) is 16.8. The first-order valence-electron chi connectivity index (χ1n) is 7.03. The summed E-state index contributed by atoms with van der Waals surface area (Å²) >= 11 is 9.79. The van der Waals surface area contributed by atoms with Gasteiger partial charge in [0.25, 0.3) is 20.3 Å². The molecule has 134 valence electrons. The fourth-order valence-corrected chi connectivity index (χ4v) is 4.49. The molecular formula is C15H10BrClN4O3S2. The van der Waals surface area contributed by atoms with Crippen molar-refractivity contribution in [2.24, 2.45) is 0 Å². The number of carbonyl (C=O) groups is 1. The maximum atomic E-state index is 12.4. The minimum Gasteiger partial charge on any atom is -0.296 e. The largest absolute Gasteiger partial charge is 0.296 e. The van der Waals surface area contributed by atoms with Gasteiger partial charge in [-0.05, 0) is 52.3 Å². The molecule has 0 aliphatic heterocycles. The summed E-state index contributed by atoms with van der Waals surface area (Å²) in [5.41, 5.74) is 0.731. The summed E-state index contributed by atoms with van der Waals surface area (Å²) in [7, 11) is -3.92. The second-order valence-electron chi connectivity index (χ2n) is 4.92. The van der Waals surface area contributed by atoms with E-state index >= 15 is 0 Å². The van der Waals surface area contributed by atoms with Crippen molar-refractivity contribution < 1.29 is 13.2 Å². The van der Waals surface area contributed by atoms with Gasteiger partial charge in [0.05, 0.1) is 5.69 Å². The van der Waals surface area contributed by atoms with Gasteiger partial charge in [-0.15, -0.1) is 10.2 Å². The Bertz CT molecular complexity index is 1050. The van der Waals surface area contributed by atoms with E-state index in [9.17, 15) is 13.2 Å². The van der Waals surface area contributed by atoms with Gasteiger partial charge in [-0.25, -0.2) is 0 Å². The highest BCUT2D eigenvalue weighted by Crippen LogP contribution is 2.27. The highest BCUT2D eigenvalue weighted by atomic mass is 79.9. The van der Waals surface area contributed by atoms with E-state index in [1.165, 1.54) is 0 Å². The first-order chi connectivity index (χ1) is 12.3. The molecule has 0 spiro atoms. The van der Waals surface area contributed by atoms with Crippen molar-refractivity contribution in [2.75, 3.05) is 10.0 Å². The highest BCUT2D eigenvalue weighted by molar-refractivity contribution is 9.10. The van der Waals surface area contributed by atoms with Crippen LogP contribution in [0.5, 0.6) is 0 Å². The fraction of sp³-hybridized carbons (Fsp3) is 0. The average molecular weight is 474 g/mol. The maximum absolute atomic E-state index is 12.4. The lowest BCUT2D eigenvalue weighted by Gasteiger charge is -2.06. The number of sulfonamides is 1. The van der Waals surface area contributed by atoms with Gasteiger partial charge in [-0.3, -0.25) is 14.8 Å². The number of amides is 1. The lowest BCUT2D eigenvalue weighted by Crippen LogP contribution is -2.13. The van der Waals surface area contributed by atoms with Crippen LogP contribution in [0.4, 0.5) is 10.8 Å². The number of benzene rings is 2. The van der Waals surface area contributed by atoms with Crippen LogP contribution in [0.2, 0.25) is 5.02 Å². The van der Waals surface area contributed by atoms with Gasteiger partial charge in [-0.1, -0.05) is 35.1 Å². The lowest BCUT2D eigenvalue weighted by atomic mass is 10.2. The van der Waals surface area contributed by atoms with E-state index in [0.29, 0.717) is 20.7 Å². The topological polar surface area (TPSA) is 101 Å². The molecule has 11 heteroatoms. The number of para-hydroxylation sites is 1. The third-order valence-corrected chi connectivity index (χ3v) is 6.60. The van der Waals surface area contributed by atoms with Crippen LogP contribution in [-0.2, 0) is 10.0 Å². The monoisotopic (exact) mass is 472 g/mol. The summed E-state index contributed by atoms with van der Waals surface area (Å²) in [6.45, 7) is 0. The lowest BCUT2D eigenvalue weighted by molar-refractivity contribution is 0.102. The molecule has 26 heavy (non-hydrogen) atoms. The Kier molecular flexibility index (Phi) is 5.56. The predicted molar refractivity (Wildman–Crippen MR) is 104 cm³/mol. The molecule has 0 saturated heterocycles. The molecule has 0 saturated carbocycles. The van der Waals surface area contributed by atoms with Crippen LogP contribution >= 0.6 is 38.9 Å². The van der Waals surface area contributed by atoms with Crippen molar-refractivity contribution in [3.8, 4) is 0 Å². The molecule has 1 aromatic heterocycles. The third-order valence-electron chi connectivity index (χ3n) is 3.08. The zero-order valence-electron chi connectivity index (χ0n) is 12.8. The summed E-state index contributed by atoms with van der Waals surface area (Å²) in [4.78, 5) is 12.1. The van der Waals surface area contributed by atoms with Crippen molar-refractivity contribution in [3.63, 3.8) is 0 Å². The molecule has 7 nitrogen and oxygen atoms in total. The molecule has 1 amide bonds. The molecule has 2 aromatic carbocycles. The maximum Gasteiger partial charge on any atom is 0.291 e. The zero-order chi connectivity index (χ0) is 18.7. The van der Waals surface area contributed by atoms with Crippen LogP contribution in [0.15, 0.2) is 57.3 Å². The van der Waals surface area contributed by atoms with Gasteiger partial charge in [-0.2, -0.15) is 8.42 Å². The molecule has 2 N–H and O–H groups in total. The quantitative estimate of drug-likeness (QED) is 0.545. The third kappa shape index (κ3) is 4.39. The average Bonchev–Trinajstić information content (AvgIpc) is 3.07. The SMILES string of the molecule is O=C(Nc1nnc(S(=O)(=O)Nc2ccccc2Br)s1)c1ccc(Cl)cc1. The number of aromatic nitrogens is 2. The van der Waals surface area contributed by atoms with Crippen LogP contribution < -0.4 is 10.0 Å². The summed E-state index contributed by atoms with van der Waals surface area (Å²) in [6.07, 6.45) is 0. The van der Waals surface area contributed by atoms with Crippen molar-refractivity contribution in [2.45, 2.75) is 4.34 Å². The standard InChI is InChI=1S/C15H10BrClN4O3S2/c16-11-3-1-2-4-12(11)21-26(23,24)15-20-19-14(25-15)18-13(22)9-5-7-10(17)8-6-9/h1-8,21H,(H,18,19,22). The van der Waals surface area contributed by atoms with Crippen molar-refractivity contribution in [1.29, 1.82) is 0 Å². The molecule has 0 atom stereocenters. The Labute approximate surface area is 166 Å². The molecule has 0 unspecified atom stereocenters. The summed E-state index contributed by atoms with van der Waals surface area (Å²) < 4.78 is 27.6. The number of carbonyl (C=O) groups excluding carboxylic acids is 1. The second-order valence-corrected chi connectivity index (χ2v) is 9.04. The number of anilines is 2. The fourth-order valence-electron chi connectivity index (χ4n) is 1.87. The van der Waals surface area contributed by atoms with Gasteiger partial charge < -0.3 is 0 Å². The van der Waals surface area contributed by atoms with E-state index < -0.39 is 15.9 Å². The van der Waals surface area contributed by atoms with Crippen LogP contribution in [0, 0.1) is 0 Å². The van der Waals surface area contributed by atoms with Crippen molar-refractivity contribution >= 4 is 65.6 Å².